The molecule has 0 radical (unpaired) electrons. The summed E-state index contributed by atoms with van der Waals surface area (Å²) in [5.41, 5.74) is 0.539. The van der Waals surface area contributed by atoms with Crippen LogP contribution in [0.3, 0.4) is 0 Å². The molecule has 0 spiro atoms. The maximum atomic E-state index is 3.02. The van der Waals surface area contributed by atoms with E-state index in [1.165, 1.54) is 90.5 Å². The van der Waals surface area contributed by atoms with Crippen molar-refractivity contribution in [2.75, 3.05) is 39.8 Å². The number of hydrogen-bond donors (Lipinski definition) is 0. The second-order valence-electron chi connectivity index (χ2n) is 11.5. The zero-order valence-corrected chi connectivity index (χ0v) is 17.2. The van der Waals surface area contributed by atoms with E-state index in [0.717, 1.165) is 41.9 Å². The highest BCUT2D eigenvalue weighted by Gasteiger charge is 2.71. The molecule has 0 aromatic carbocycles. The molecular formula is C23H38N4. The van der Waals surface area contributed by atoms with Crippen LogP contribution in [0, 0.1) is 17.8 Å². The Kier molecular flexibility index (Phi) is 3.51. The van der Waals surface area contributed by atoms with Gasteiger partial charge in [0, 0.05) is 50.3 Å². The molecule has 8 unspecified atom stereocenters. The molecule has 2 bridgehead atoms. The molecule has 0 amide bonds. The van der Waals surface area contributed by atoms with Crippen LogP contribution < -0.4 is 0 Å². The van der Waals surface area contributed by atoms with Crippen LogP contribution in [0.5, 0.6) is 0 Å². The third-order valence-corrected chi connectivity index (χ3v) is 10.3. The molecule has 7 fully saturated rings. The molecule has 0 saturated carbocycles. The minimum absolute atomic E-state index is 0.539. The molecule has 27 heavy (non-hydrogen) atoms. The van der Waals surface area contributed by atoms with Gasteiger partial charge in [0.1, 0.15) is 0 Å². The quantitative estimate of drug-likeness (QED) is 0.754. The van der Waals surface area contributed by atoms with E-state index in [2.05, 4.69) is 26.6 Å². The second kappa shape index (κ2) is 5.71. The van der Waals surface area contributed by atoms with Gasteiger partial charge in [-0.3, -0.25) is 14.7 Å². The maximum absolute atomic E-state index is 3.02. The summed E-state index contributed by atoms with van der Waals surface area (Å²) in [4.78, 5) is 11.5. The van der Waals surface area contributed by atoms with Crippen LogP contribution in [0.25, 0.3) is 0 Å². The number of piperidine rings is 2. The number of hydrogen-bond acceptors (Lipinski definition) is 4. The van der Waals surface area contributed by atoms with Gasteiger partial charge in [0.2, 0.25) is 0 Å². The number of fused-ring (bicyclic) bond motifs is 3. The van der Waals surface area contributed by atoms with Crippen LogP contribution in [0.1, 0.15) is 57.8 Å². The Morgan fingerprint density at radius 3 is 2.33 bits per heavy atom. The number of rotatable bonds is 4. The van der Waals surface area contributed by atoms with Crippen molar-refractivity contribution in [1.82, 2.24) is 19.6 Å². The van der Waals surface area contributed by atoms with Gasteiger partial charge in [-0.25, -0.2) is 0 Å². The van der Waals surface area contributed by atoms with Gasteiger partial charge in [-0.1, -0.05) is 6.42 Å². The molecule has 4 heteroatoms. The summed E-state index contributed by atoms with van der Waals surface area (Å²) in [5.74, 6) is 2.95. The molecule has 7 saturated heterocycles. The van der Waals surface area contributed by atoms with Crippen molar-refractivity contribution in [3.8, 4) is 0 Å². The van der Waals surface area contributed by atoms with Crippen LogP contribution in [0.4, 0.5) is 0 Å². The molecule has 4 nitrogen and oxygen atoms in total. The highest BCUT2D eigenvalue weighted by molar-refractivity contribution is 5.23. The van der Waals surface area contributed by atoms with Crippen LogP contribution in [-0.4, -0.2) is 89.2 Å². The minimum Gasteiger partial charge on any atom is -0.306 e. The molecule has 0 N–H and O–H groups in total. The van der Waals surface area contributed by atoms with E-state index < -0.39 is 0 Å². The highest BCUT2D eigenvalue weighted by atomic mass is 15.5. The van der Waals surface area contributed by atoms with Gasteiger partial charge in [-0.15, -0.1) is 0 Å². The molecule has 7 aliphatic heterocycles. The zero-order valence-electron chi connectivity index (χ0n) is 17.2. The van der Waals surface area contributed by atoms with Gasteiger partial charge in [-0.05, 0) is 82.7 Å². The Labute approximate surface area is 165 Å². The zero-order chi connectivity index (χ0) is 17.8. The Morgan fingerprint density at radius 2 is 1.59 bits per heavy atom. The van der Waals surface area contributed by atoms with Gasteiger partial charge in [0.15, 0.2) is 0 Å². The third kappa shape index (κ3) is 2.19. The van der Waals surface area contributed by atoms with E-state index in [1.807, 2.05) is 0 Å². The summed E-state index contributed by atoms with van der Waals surface area (Å²) in [6.45, 7) is 6.92. The van der Waals surface area contributed by atoms with Gasteiger partial charge < -0.3 is 4.90 Å². The average Bonchev–Trinajstić information content (AvgIpc) is 3.24. The number of nitrogens with zero attached hydrogens (tertiary/aromatic N) is 4. The molecular weight excluding hydrogens is 332 g/mol. The van der Waals surface area contributed by atoms with Crippen molar-refractivity contribution < 1.29 is 0 Å². The summed E-state index contributed by atoms with van der Waals surface area (Å²) in [5, 5.41) is 0. The highest BCUT2D eigenvalue weighted by Crippen LogP contribution is 2.63. The van der Waals surface area contributed by atoms with E-state index in [0.29, 0.717) is 5.66 Å². The maximum Gasteiger partial charge on any atom is 0.0773 e. The first-order valence-corrected chi connectivity index (χ1v) is 12.2. The Balaban J connectivity index is 0.985. The van der Waals surface area contributed by atoms with Crippen LogP contribution in [-0.2, 0) is 0 Å². The first-order valence-electron chi connectivity index (χ1n) is 12.2. The Hall–Kier alpha value is -0.160. The molecule has 8 atom stereocenters. The van der Waals surface area contributed by atoms with E-state index in [1.54, 1.807) is 0 Å². The van der Waals surface area contributed by atoms with Crippen LogP contribution in [0.2, 0.25) is 0 Å². The van der Waals surface area contributed by atoms with Gasteiger partial charge in [0.25, 0.3) is 0 Å². The van der Waals surface area contributed by atoms with E-state index in [9.17, 15) is 0 Å². The molecule has 0 aromatic rings. The first kappa shape index (κ1) is 16.6. The van der Waals surface area contributed by atoms with Gasteiger partial charge in [-0.2, -0.15) is 0 Å². The lowest BCUT2D eigenvalue weighted by molar-refractivity contribution is -0.249. The minimum atomic E-state index is 0.539. The van der Waals surface area contributed by atoms with Crippen molar-refractivity contribution in [1.29, 1.82) is 0 Å². The SMILES string of the molecule is CN1CC2CN(C34CC5CC(CCN6C7CCCC6CC7)C(C3)N54)CC2C1. The monoisotopic (exact) mass is 370 g/mol. The number of likely N-dealkylation sites (tertiary alicyclic amines) is 2. The lowest BCUT2D eigenvalue weighted by atomic mass is 9.72. The molecule has 0 aliphatic carbocycles. The van der Waals surface area contributed by atoms with Crippen molar-refractivity contribution in [2.24, 2.45) is 17.8 Å². The fraction of sp³-hybridized carbons (Fsp3) is 1.00. The van der Waals surface area contributed by atoms with Crippen molar-refractivity contribution in [2.45, 2.75) is 87.6 Å². The van der Waals surface area contributed by atoms with Crippen molar-refractivity contribution in [3.05, 3.63) is 0 Å². The fourth-order valence-electron chi connectivity index (χ4n) is 9.20. The second-order valence-corrected chi connectivity index (χ2v) is 11.5. The predicted octanol–water partition coefficient (Wildman–Crippen LogP) is 2.45. The summed E-state index contributed by atoms with van der Waals surface area (Å²) >= 11 is 0. The topological polar surface area (TPSA) is 13.0 Å². The molecule has 7 heterocycles. The average molecular weight is 371 g/mol. The smallest absolute Gasteiger partial charge is 0.0773 e. The summed E-state index contributed by atoms with van der Waals surface area (Å²) in [7, 11) is 2.32. The van der Waals surface area contributed by atoms with Crippen molar-refractivity contribution in [3.63, 3.8) is 0 Å². The van der Waals surface area contributed by atoms with Gasteiger partial charge >= 0.3 is 0 Å². The largest absolute Gasteiger partial charge is 0.306 e. The Bertz CT molecular complexity index is 593. The summed E-state index contributed by atoms with van der Waals surface area (Å²) in [6, 6.07) is 3.83. The lowest BCUT2D eigenvalue weighted by Crippen LogP contribution is -2.81. The normalized spacial score (nSPS) is 54.8. The summed E-state index contributed by atoms with van der Waals surface area (Å²) in [6.07, 6.45) is 13.5. The van der Waals surface area contributed by atoms with Crippen LogP contribution in [0.15, 0.2) is 0 Å². The molecule has 7 aliphatic rings. The predicted molar refractivity (Wildman–Crippen MR) is 108 cm³/mol. The fourth-order valence-corrected chi connectivity index (χ4v) is 9.20. The summed E-state index contributed by atoms with van der Waals surface area (Å²) < 4.78 is 0. The van der Waals surface area contributed by atoms with Crippen LogP contribution >= 0.6 is 0 Å². The lowest BCUT2D eigenvalue weighted by Gasteiger charge is -2.70. The van der Waals surface area contributed by atoms with E-state index in [-0.39, 0.29) is 0 Å². The standard InChI is InChI=1S/C23H38N4/c1-24-12-17-14-25(15-18(17)13-24)23-10-21-9-16(22(11-23)27(21)23)7-8-26-19-3-2-4-20(26)6-5-19/h16-22H,2-15H2,1H3. The first-order chi connectivity index (χ1) is 13.2. The Morgan fingerprint density at radius 1 is 0.852 bits per heavy atom. The van der Waals surface area contributed by atoms with Gasteiger partial charge in [0.05, 0.1) is 5.66 Å². The molecule has 7 rings (SSSR count). The molecule has 0 aromatic heterocycles. The van der Waals surface area contributed by atoms with Crippen molar-refractivity contribution >= 4 is 0 Å². The van der Waals surface area contributed by atoms with E-state index in [4.69, 9.17) is 0 Å². The molecule has 150 valence electrons. The third-order valence-electron chi connectivity index (χ3n) is 10.3. The van der Waals surface area contributed by atoms with E-state index >= 15 is 0 Å².